The molecule has 4 aromatic rings. The van der Waals surface area contributed by atoms with Crippen LogP contribution in [-0.4, -0.2) is 17.7 Å². The summed E-state index contributed by atoms with van der Waals surface area (Å²) < 4.78 is 31.1. The molecule has 0 bridgehead atoms. The van der Waals surface area contributed by atoms with E-state index in [0.717, 1.165) is 45.2 Å². The van der Waals surface area contributed by atoms with Crippen molar-refractivity contribution < 1.29 is 22.8 Å². The van der Waals surface area contributed by atoms with Crippen molar-refractivity contribution in [2.24, 2.45) is 0 Å². The monoisotopic (exact) mass is 767 g/mol. The number of alkyl halides is 3. The Labute approximate surface area is 325 Å². The lowest BCUT2D eigenvalue weighted by atomic mass is 9.68. The summed E-state index contributed by atoms with van der Waals surface area (Å²) in [6.45, 7) is 4.19. The van der Waals surface area contributed by atoms with Crippen LogP contribution in [0.2, 0.25) is 0 Å². The third-order valence-corrected chi connectivity index (χ3v) is 12.2. The molecule has 2 aromatic carbocycles. The molecule has 0 saturated heterocycles. The van der Waals surface area contributed by atoms with Gasteiger partial charge < -0.3 is 0 Å². The minimum atomic E-state index is -4.00. The second-order valence-corrected chi connectivity index (χ2v) is 15.2. The number of nitriles is 3. The van der Waals surface area contributed by atoms with E-state index in [9.17, 15) is 38.5 Å². The minimum absolute atomic E-state index is 0.0768. The molecular weight excluding hydrogens is 736 g/mol. The van der Waals surface area contributed by atoms with Crippen molar-refractivity contribution in [1.82, 2.24) is 0 Å². The van der Waals surface area contributed by atoms with Crippen molar-refractivity contribution in [3.63, 3.8) is 0 Å². The highest BCUT2D eigenvalue weighted by Gasteiger charge is 2.47. The van der Waals surface area contributed by atoms with Gasteiger partial charge in [-0.1, -0.05) is 87.6 Å². The van der Waals surface area contributed by atoms with Gasteiger partial charge in [0.15, 0.2) is 11.6 Å². The zero-order valence-electron chi connectivity index (χ0n) is 30.1. The number of hydrogen-bond donors (Lipinski definition) is 0. The number of nitrogens with zero attached hydrogens (tertiary/aromatic N) is 3. The number of fused-ring (bicyclic) bond motifs is 7. The smallest absolute Gasteiger partial charge is 0.289 e. The first-order chi connectivity index (χ1) is 26.4. The molecule has 1 fully saturated rings. The first kappa shape index (κ1) is 38.7. The molecule has 0 radical (unpaired) electrons. The summed E-state index contributed by atoms with van der Waals surface area (Å²) in [6, 6.07) is 24.9. The van der Waals surface area contributed by atoms with Crippen LogP contribution in [0.4, 0.5) is 13.2 Å². The maximum Gasteiger partial charge on any atom is 0.386 e. The highest BCUT2D eigenvalue weighted by atomic mass is 32.1. The zero-order valence-corrected chi connectivity index (χ0v) is 31.8. The number of hydrogen-bond acceptors (Lipinski definition) is 7. The molecule has 1 saturated carbocycles. The molecule has 4 aliphatic rings. The molecule has 2 aromatic heterocycles. The number of halogens is 3. The number of rotatable bonds is 2. The average Bonchev–Trinajstić information content (AvgIpc) is 3.97. The van der Waals surface area contributed by atoms with Gasteiger partial charge in [-0.15, -0.1) is 29.1 Å². The van der Waals surface area contributed by atoms with E-state index in [0.29, 0.717) is 44.5 Å². The van der Waals surface area contributed by atoms with Gasteiger partial charge in [0, 0.05) is 65.3 Å². The van der Waals surface area contributed by atoms with E-state index in [1.165, 1.54) is 17.5 Å². The van der Waals surface area contributed by atoms with Crippen LogP contribution in [0.5, 0.6) is 0 Å². The normalized spacial score (nSPS) is 18.0. The molecule has 2 heterocycles. The van der Waals surface area contributed by atoms with E-state index in [1.807, 2.05) is 62.4 Å². The van der Waals surface area contributed by atoms with E-state index in [1.54, 1.807) is 46.9 Å². The second-order valence-electron chi connectivity index (χ2n) is 13.1. The number of carbonyl (C=O) groups is 2. The van der Waals surface area contributed by atoms with E-state index in [-0.39, 0.29) is 35.1 Å². The Kier molecular flexibility index (Phi) is 10.8. The number of terminal acetylenes is 1. The highest BCUT2D eigenvalue weighted by molar-refractivity contribution is 7.23. The van der Waals surface area contributed by atoms with E-state index in [4.69, 9.17) is 6.42 Å². The van der Waals surface area contributed by atoms with Crippen LogP contribution < -0.4 is 0 Å². The fraction of sp³-hybridized carbons (Fsp3) is 0.222. The molecule has 272 valence electrons. The number of benzene rings is 2. The zero-order chi connectivity index (χ0) is 39.7. The number of allylic oxidation sites excluding steroid dienone is 6. The SMILES string of the molecule is C#CC(C#N)=C1/C(=C/c2cc3c(s2)-c2sc(/C=C4\C(=O)c5ccccc5C4=C(C#N)C#N)cc2C32CCCCC2)C(=O)c2ccccc21.CC.CC(F)(F)F. The van der Waals surface area contributed by atoms with Crippen molar-refractivity contribution in [1.29, 1.82) is 15.8 Å². The number of Topliss-reactive ketones (excluding diaryl/α,β-unsaturated/α-hetero) is 2. The molecule has 0 unspecified atom stereocenters. The second kappa shape index (κ2) is 15.4. The van der Waals surface area contributed by atoms with Gasteiger partial charge in [0.1, 0.15) is 29.4 Å². The lowest BCUT2D eigenvalue weighted by Crippen LogP contribution is -2.27. The van der Waals surface area contributed by atoms with Crippen LogP contribution in [0.3, 0.4) is 0 Å². The van der Waals surface area contributed by atoms with Crippen LogP contribution in [-0.2, 0) is 5.41 Å². The van der Waals surface area contributed by atoms with Gasteiger partial charge in [-0.3, -0.25) is 9.59 Å². The topological polar surface area (TPSA) is 106 Å². The third-order valence-electron chi connectivity index (χ3n) is 9.91. The van der Waals surface area contributed by atoms with Crippen LogP contribution in [0.15, 0.2) is 83.0 Å². The molecule has 1 spiro atoms. The summed E-state index contributed by atoms with van der Waals surface area (Å²) >= 11 is 3.24. The van der Waals surface area contributed by atoms with Gasteiger partial charge in [-0.25, -0.2) is 0 Å². The van der Waals surface area contributed by atoms with Gasteiger partial charge in [0.05, 0.1) is 0 Å². The number of carbonyl (C=O) groups excluding carboxylic acids is 2. The van der Waals surface area contributed by atoms with Crippen molar-refractivity contribution in [3.8, 4) is 40.3 Å². The number of ketones is 2. The summed E-state index contributed by atoms with van der Waals surface area (Å²) in [5.41, 5.74) is 6.45. The Morgan fingerprint density at radius 2 is 1.09 bits per heavy atom. The molecule has 0 amide bonds. The number of thiophene rings is 2. The summed E-state index contributed by atoms with van der Waals surface area (Å²) in [4.78, 5) is 31.4. The molecular formula is C45H32F3N3O2S2. The summed E-state index contributed by atoms with van der Waals surface area (Å²) in [7, 11) is 0. The van der Waals surface area contributed by atoms with Crippen LogP contribution >= 0.6 is 22.7 Å². The first-order valence-electron chi connectivity index (χ1n) is 17.7. The Morgan fingerprint density at radius 1 is 0.709 bits per heavy atom. The molecule has 5 nitrogen and oxygen atoms in total. The van der Waals surface area contributed by atoms with Gasteiger partial charge in [-0.05, 0) is 59.4 Å². The molecule has 55 heavy (non-hydrogen) atoms. The van der Waals surface area contributed by atoms with E-state index < -0.39 is 6.18 Å². The molecule has 4 aliphatic carbocycles. The fourth-order valence-corrected chi connectivity index (χ4v) is 10.4. The van der Waals surface area contributed by atoms with Crippen molar-refractivity contribution in [2.75, 3.05) is 0 Å². The standard InChI is InChI=1S/C41H23N3O2S2.C2H3F3.C2H6/c1-2-23(20-42)35-27-10-4-6-12-29(27)37(45)31(35)16-25-18-33-39(47-25)40-34(41(33)14-8-3-9-15-41)19-26(48-40)17-32-36(24(21-43)22-44)28-11-5-7-13-30(28)38(32)46;1-2(3,4)5;1-2/h1,4-7,10-13,16-19H,3,8-9,14-15H2;1H3;1-2H3/b31-16-,32-17-,35-23?;;. The summed E-state index contributed by atoms with van der Waals surface area (Å²) in [5.74, 6) is 2.16. The predicted molar refractivity (Wildman–Crippen MR) is 212 cm³/mol. The summed E-state index contributed by atoms with van der Waals surface area (Å²) in [6.07, 6.45) is 10.8. The minimum Gasteiger partial charge on any atom is -0.289 e. The maximum atomic E-state index is 13.7. The Hall–Kier alpha value is -6.04. The largest absolute Gasteiger partial charge is 0.386 e. The quantitative estimate of drug-likeness (QED) is 0.115. The summed E-state index contributed by atoms with van der Waals surface area (Å²) in [5, 5.41) is 29.4. The van der Waals surface area contributed by atoms with Crippen molar-refractivity contribution in [2.45, 2.75) is 64.5 Å². The Bertz CT molecular complexity index is 2370. The molecule has 0 aliphatic heterocycles. The van der Waals surface area contributed by atoms with E-state index in [2.05, 4.69) is 24.1 Å². The first-order valence-corrected chi connectivity index (χ1v) is 19.3. The molecule has 0 atom stereocenters. The lowest BCUT2D eigenvalue weighted by Gasteiger charge is -2.34. The van der Waals surface area contributed by atoms with Gasteiger partial charge in [-0.2, -0.15) is 29.0 Å². The van der Waals surface area contributed by atoms with Crippen molar-refractivity contribution >= 4 is 57.5 Å². The highest BCUT2D eigenvalue weighted by Crippen LogP contribution is 2.61. The van der Waals surface area contributed by atoms with Crippen molar-refractivity contribution in [3.05, 3.63) is 126 Å². The molecule has 8 rings (SSSR count). The third kappa shape index (κ3) is 6.81. The Morgan fingerprint density at radius 3 is 1.47 bits per heavy atom. The Balaban J connectivity index is 0.000000682. The van der Waals surface area contributed by atoms with Gasteiger partial charge >= 0.3 is 6.18 Å². The van der Waals surface area contributed by atoms with E-state index >= 15 is 0 Å². The average molecular weight is 768 g/mol. The lowest BCUT2D eigenvalue weighted by molar-refractivity contribution is -0.110. The van der Waals surface area contributed by atoms with Crippen LogP contribution in [0, 0.1) is 46.3 Å². The van der Waals surface area contributed by atoms with Crippen LogP contribution in [0.25, 0.3) is 33.1 Å². The molecule has 10 heteroatoms. The maximum absolute atomic E-state index is 13.7. The molecule has 0 N–H and O–H groups in total. The van der Waals surface area contributed by atoms with Gasteiger partial charge in [0.2, 0.25) is 0 Å². The fourth-order valence-electron chi connectivity index (χ4n) is 7.85. The van der Waals surface area contributed by atoms with Crippen LogP contribution in [0.1, 0.15) is 106 Å². The predicted octanol–water partition coefficient (Wildman–Crippen LogP) is 11.9. The van der Waals surface area contributed by atoms with Gasteiger partial charge in [0.25, 0.3) is 0 Å².